The van der Waals surface area contributed by atoms with E-state index in [1.165, 1.54) is 6.07 Å². The summed E-state index contributed by atoms with van der Waals surface area (Å²) >= 11 is 3.22. The summed E-state index contributed by atoms with van der Waals surface area (Å²) in [5.74, 6) is 0.885. The Hall–Kier alpha value is -1.20. The van der Waals surface area contributed by atoms with Gasteiger partial charge in [0.1, 0.15) is 11.6 Å². The first kappa shape index (κ1) is 11.9. The summed E-state index contributed by atoms with van der Waals surface area (Å²) < 4.78 is 15.9. The molecule has 0 unspecified atom stereocenters. The van der Waals surface area contributed by atoms with E-state index >= 15 is 0 Å². The summed E-state index contributed by atoms with van der Waals surface area (Å²) in [6, 6.07) is 5.18. The Morgan fingerprint density at radius 1 is 1.33 bits per heavy atom. The van der Waals surface area contributed by atoms with Crippen LogP contribution in [0.25, 0.3) is 0 Å². The zero-order valence-corrected chi connectivity index (χ0v) is 11.4. The Morgan fingerprint density at radius 2 is 2.22 bits per heavy atom. The van der Waals surface area contributed by atoms with Crippen LogP contribution in [0.15, 0.2) is 35.1 Å². The smallest absolute Gasteiger partial charge is 0.137 e. The van der Waals surface area contributed by atoms with Gasteiger partial charge in [0.05, 0.1) is 11.0 Å². The van der Waals surface area contributed by atoms with Gasteiger partial charge in [0.15, 0.2) is 0 Å². The van der Waals surface area contributed by atoms with E-state index in [1.54, 1.807) is 0 Å². The minimum Gasteiger partial charge on any atom is -0.333 e. The standard InChI is InChI=1S/C13H13BrFN3/c14-11-7-10(1-2-12(11)15)8-17-5-6-18-4-3-16-13(18)9-17/h1-4,7H,5-6,8-9H2. The Kier molecular flexibility index (Phi) is 3.18. The fraction of sp³-hybridized carbons (Fsp3) is 0.308. The second-order valence-electron chi connectivity index (χ2n) is 4.50. The third-order valence-corrected chi connectivity index (χ3v) is 3.82. The van der Waals surface area contributed by atoms with Gasteiger partial charge in [-0.1, -0.05) is 6.07 Å². The van der Waals surface area contributed by atoms with Gasteiger partial charge >= 0.3 is 0 Å². The number of halogens is 2. The average molecular weight is 310 g/mol. The molecule has 0 fully saturated rings. The van der Waals surface area contributed by atoms with Crippen LogP contribution in [-0.2, 0) is 19.6 Å². The predicted octanol–water partition coefficient (Wildman–Crippen LogP) is 2.80. The van der Waals surface area contributed by atoms with E-state index in [4.69, 9.17) is 0 Å². The molecular weight excluding hydrogens is 297 g/mol. The topological polar surface area (TPSA) is 21.1 Å². The van der Waals surface area contributed by atoms with Crippen molar-refractivity contribution in [2.75, 3.05) is 6.54 Å². The zero-order valence-electron chi connectivity index (χ0n) is 9.81. The molecule has 2 aromatic rings. The van der Waals surface area contributed by atoms with Gasteiger partial charge in [-0.2, -0.15) is 0 Å². The monoisotopic (exact) mass is 309 g/mol. The lowest BCUT2D eigenvalue weighted by Crippen LogP contribution is -2.33. The summed E-state index contributed by atoms with van der Waals surface area (Å²) in [5, 5.41) is 0. The molecular formula is C13H13BrFN3. The molecule has 0 spiro atoms. The van der Waals surface area contributed by atoms with Crippen molar-refractivity contribution in [3.05, 3.63) is 52.3 Å². The average Bonchev–Trinajstić information content (AvgIpc) is 2.81. The largest absolute Gasteiger partial charge is 0.333 e. The third kappa shape index (κ3) is 2.33. The lowest BCUT2D eigenvalue weighted by Gasteiger charge is -2.27. The van der Waals surface area contributed by atoms with Crippen molar-refractivity contribution in [1.82, 2.24) is 14.5 Å². The van der Waals surface area contributed by atoms with E-state index in [9.17, 15) is 4.39 Å². The molecule has 18 heavy (non-hydrogen) atoms. The van der Waals surface area contributed by atoms with Gasteiger partial charge in [-0.15, -0.1) is 0 Å². The molecule has 3 rings (SSSR count). The second-order valence-corrected chi connectivity index (χ2v) is 5.35. The molecule has 0 bridgehead atoms. The van der Waals surface area contributed by atoms with Crippen molar-refractivity contribution in [3.8, 4) is 0 Å². The Bertz CT molecular complexity index is 567. The van der Waals surface area contributed by atoms with Crippen molar-refractivity contribution in [2.45, 2.75) is 19.6 Å². The van der Waals surface area contributed by atoms with Gasteiger partial charge in [-0.25, -0.2) is 9.37 Å². The highest BCUT2D eigenvalue weighted by atomic mass is 79.9. The molecule has 0 aliphatic carbocycles. The SMILES string of the molecule is Fc1ccc(CN2CCn3ccnc3C2)cc1Br. The summed E-state index contributed by atoms with van der Waals surface area (Å²) in [6.45, 7) is 3.64. The number of aromatic nitrogens is 2. The quantitative estimate of drug-likeness (QED) is 0.850. The molecule has 0 saturated heterocycles. The van der Waals surface area contributed by atoms with Gasteiger partial charge in [0, 0.05) is 32.0 Å². The van der Waals surface area contributed by atoms with Crippen LogP contribution in [0, 0.1) is 5.82 Å². The number of benzene rings is 1. The number of rotatable bonds is 2. The number of hydrogen-bond donors (Lipinski definition) is 0. The minimum absolute atomic E-state index is 0.215. The van der Waals surface area contributed by atoms with Crippen molar-refractivity contribution in [2.24, 2.45) is 0 Å². The fourth-order valence-corrected chi connectivity index (χ4v) is 2.68. The van der Waals surface area contributed by atoms with Crippen LogP contribution in [0.1, 0.15) is 11.4 Å². The van der Waals surface area contributed by atoms with E-state index in [2.05, 4.69) is 30.4 Å². The lowest BCUT2D eigenvalue weighted by molar-refractivity contribution is 0.209. The molecule has 2 heterocycles. The first-order chi connectivity index (χ1) is 8.72. The van der Waals surface area contributed by atoms with Crippen molar-refractivity contribution in [1.29, 1.82) is 0 Å². The van der Waals surface area contributed by atoms with E-state index in [1.807, 2.05) is 24.5 Å². The first-order valence-electron chi connectivity index (χ1n) is 5.88. The van der Waals surface area contributed by atoms with Crippen molar-refractivity contribution < 1.29 is 4.39 Å². The van der Waals surface area contributed by atoms with Crippen LogP contribution in [0.4, 0.5) is 4.39 Å². The number of imidazole rings is 1. The fourth-order valence-electron chi connectivity index (χ4n) is 2.25. The van der Waals surface area contributed by atoms with Gasteiger partial charge in [-0.3, -0.25) is 4.90 Å². The van der Waals surface area contributed by atoms with E-state index < -0.39 is 0 Å². The van der Waals surface area contributed by atoms with Gasteiger partial charge in [-0.05, 0) is 33.6 Å². The van der Waals surface area contributed by atoms with E-state index in [-0.39, 0.29) is 5.82 Å². The van der Waals surface area contributed by atoms with Gasteiger partial charge in [0.25, 0.3) is 0 Å². The molecule has 1 aliphatic heterocycles. The van der Waals surface area contributed by atoms with Crippen LogP contribution in [0.5, 0.6) is 0 Å². The van der Waals surface area contributed by atoms with Gasteiger partial charge < -0.3 is 4.57 Å². The van der Waals surface area contributed by atoms with Crippen LogP contribution >= 0.6 is 15.9 Å². The number of nitrogens with zero attached hydrogens (tertiary/aromatic N) is 3. The normalized spacial score (nSPS) is 15.7. The highest BCUT2D eigenvalue weighted by Gasteiger charge is 2.16. The van der Waals surface area contributed by atoms with Crippen LogP contribution in [0.3, 0.4) is 0 Å². The number of fused-ring (bicyclic) bond motifs is 1. The molecule has 0 atom stereocenters. The molecule has 0 amide bonds. The maximum Gasteiger partial charge on any atom is 0.137 e. The Balaban J connectivity index is 1.72. The zero-order chi connectivity index (χ0) is 12.5. The summed E-state index contributed by atoms with van der Waals surface area (Å²) in [4.78, 5) is 6.65. The maximum absolute atomic E-state index is 13.2. The lowest BCUT2D eigenvalue weighted by atomic mass is 10.2. The molecule has 1 aliphatic rings. The molecule has 1 aromatic carbocycles. The van der Waals surface area contributed by atoms with Gasteiger partial charge in [0.2, 0.25) is 0 Å². The first-order valence-corrected chi connectivity index (χ1v) is 6.68. The predicted molar refractivity (Wildman–Crippen MR) is 70.4 cm³/mol. The Morgan fingerprint density at radius 3 is 3.06 bits per heavy atom. The molecule has 3 nitrogen and oxygen atoms in total. The van der Waals surface area contributed by atoms with Crippen molar-refractivity contribution >= 4 is 15.9 Å². The molecule has 5 heteroatoms. The highest BCUT2D eigenvalue weighted by Crippen LogP contribution is 2.19. The molecule has 0 saturated carbocycles. The highest BCUT2D eigenvalue weighted by molar-refractivity contribution is 9.10. The van der Waals surface area contributed by atoms with Crippen LogP contribution < -0.4 is 0 Å². The molecule has 94 valence electrons. The molecule has 1 aromatic heterocycles. The van der Waals surface area contributed by atoms with E-state index in [0.717, 1.165) is 37.6 Å². The van der Waals surface area contributed by atoms with E-state index in [0.29, 0.717) is 4.47 Å². The Labute approximate surface area is 113 Å². The van der Waals surface area contributed by atoms with Crippen LogP contribution in [0.2, 0.25) is 0 Å². The molecule has 0 N–H and O–H groups in total. The van der Waals surface area contributed by atoms with Crippen molar-refractivity contribution in [3.63, 3.8) is 0 Å². The second kappa shape index (κ2) is 4.82. The maximum atomic E-state index is 13.2. The summed E-state index contributed by atoms with van der Waals surface area (Å²) in [6.07, 6.45) is 3.86. The summed E-state index contributed by atoms with van der Waals surface area (Å²) in [7, 11) is 0. The van der Waals surface area contributed by atoms with Crippen LogP contribution in [-0.4, -0.2) is 21.0 Å². The summed E-state index contributed by atoms with van der Waals surface area (Å²) in [5.41, 5.74) is 1.11. The molecule has 0 radical (unpaired) electrons. The third-order valence-electron chi connectivity index (χ3n) is 3.21. The minimum atomic E-state index is -0.215. The number of hydrogen-bond acceptors (Lipinski definition) is 2.